The van der Waals surface area contributed by atoms with Crippen LogP contribution in [0.2, 0.25) is 18.1 Å². The van der Waals surface area contributed by atoms with Crippen LogP contribution >= 0.6 is 0 Å². The highest BCUT2D eigenvalue weighted by molar-refractivity contribution is 6.74. The summed E-state index contributed by atoms with van der Waals surface area (Å²) in [6.45, 7) is 17.9. The van der Waals surface area contributed by atoms with Gasteiger partial charge in [0, 0.05) is 6.54 Å². The Morgan fingerprint density at radius 2 is 1.92 bits per heavy atom. The molecule has 0 spiro atoms. The van der Waals surface area contributed by atoms with E-state index in [1.807, 2.05) is 29.2 Å². The Morgan fingerprint density at radius 1 is 1.32 bits per heavy atom. The molecule has 4 heteroatoms. The molecular weight excluding hydrogens is 326 g/mol. The second-order valence-electron chi connectivity index (χ2n) is 8.89. The predicted octanol–water partition coefficient (Wildman–Crippen LogP) is 5.14. The molecule has 1 aromatic carbocycles. The first-order chi connectivity index (χ1) is 11.5. The van der Waals surface area contributed by atoms with Gasteiger partial charge in [0.25, 0.3) is 0 Å². The summed E-state index contributed by atoms with van der Waals surface area (Å²) >= 11 is 0. The van der Waals surface area contributed by atoms with Crippen molar-refractivity contribution in [2.24, 2.45) is 0 Å². The first-order valence-electron chi connectivity index (χ1n) is 9.14. The molecule has 1 heterocycles. The van der Waals surface area contributed by atoms with Crippen LogP contribution in [0, 0.1) is 0 Å². The van der Waals surface area contributed by atoms with Crippen molar-refractivity contribution in [3.05, 3.63) is 48.6 Å². The van der Waals surface area contributed by atoms with Gasteiger partial charge in [0.2, 0.25) is 5.91 Å². The second kappa shape index (κ2) is 7.08. The van der Waals surface area contributed by atoms with Crippen LogP contribution in [-0.4, -0.2) is 30.8 Å². The second-order valence-corrected chi connectivity index (χ2v) is 13.6. The maximum absolute atomic E-state index is 12.8. The minimum atomic E-state index is -1.95. The Morgan fingerprint density at radius 3 is 2.44 bits per heavy atom. The first kappa shape index (κ1) is 19.9. The van der Waals surface area contributed by atoms with Gasteiger partial charge in [-0.15, -0.1) is 6.58 Å². The normalized spacial score (nSPS) is 24.6. The lowest BCUT2D eigenvalue weighted by atomic mass is 9.91. The smallest absolute Gasteiger partial charge is 0.226 e. The summed E-state index contributed by atoms with van der Waals surface area (Å²) in [5.74, 6) is 0.178. The Kier molecular flexibility index (Phi) is 5.64. The average Bonchev–Trinajstić information content (AvgIpc) is 2.72. The van der Waals surface area contributed by atoms with Gasteiger partial charge in [-0.1, -0.05) is 57.2 Å². The van der Waals surface area contributed by atoms with Crippen molar-refractivity contribution in [2.45, 2.75) is 76.9 Å². The molecule has 3 nitrogen and oxygen atoms in total. The van der Waals surface area contributed by atoms with E-state index in [9.17, 15) is 4.79 Å². The summed E-state index contributed by atoms with van der Waals surface area (Å²) in [7, 11) is -1.95. The van der Waals surface area contributed by atoms with Gasteiger partial charge >= 0.3 is 0 Å². The van der Waals surface area contributed by atoms with Crippen LogP contribution in [0.5, 0.6) is 0 Å². The highest BCUT2D eigenvalue weighted by atomic mass is 28.4. The van der Waals surface area contributed by atoms with Crippen molar-refractivity contribution in [3.8, 4) is 0 Å². The molecule has 1 amide bonds. The molecule has 1 aliphatic rings. The van der Waals surface area contributed by atoms with E-state index >= 15 is 0 Å². The predicted molar refractivity (Wildman–Crippen MR) is 107 cm³/mol. The first-order valence-corrected chi connectivity index (χ1v) is 12.1. The van der Waals surface area contributed by atoms with Crippen LogP contribution in [-0.2, 0) is 15.8 Å². The van der Waals surface area contributed by atoms with Gasteiger partial charge in [0.1, 0.15) is 0 Å². The number of hydrogen-bond acceptors (Lipinski definition) is 2. The summed E-state index contributed by atoms with van der Waals surface area (Å²) in [5.41, 5.74) is 0.809. The summed E-state index contributed by atoms with van der Waals surface area (Å²) in [5, 5.41) is 0.123. The SMILES string of the molecule is C=CCC1(C)[C@@H](O[Si](C)(C)C(C)(C)C)CC(=O)N1Cc1ccccc1. The Balaban J connectivity index is 2.30. The highest BCUT2D eigenvalue weighted by Crippen LogP contribution is 2.43. The number of nitrogens with zero attached hydrogens (tertiary/aromatic N) is 1. The van der Waals surface area contributed by atoms with Crippen LogP contribution < -0.4 is 0 Å². The molecule has 2 atom stereocenters. The van der Waals surface area contributed by atoms with Gasteiger partial charge in [-0.05, 0) is 37.0 Å². The lowest BCUT2D eigenvalue weighted by molar-refractivity contribution is -0.131. The highest BCUT2D eigenvalue weighted by Gasteiger charge is 2.52. The fraction of sp³-hybridized carbons (Fsp3) is 0.571. The van der Waals surface area contributed by atoms with E-state index in [4.69, 9.17) is 4.43 Å². The Hall–Kier alpha value is -1.39. The Labute approximate surface area is 154 Å². The molecule has 1 fully saturated rings. The zero-order chi connectivity index (χ0) is 18.9. The quantitative estimate of drug-likeness (QED) is 0.519. The average molecular weight is 360 g/mol. The topological polar surface area (TPSA) is 29.5 Å². The summed E-state index contributed by atoms with van der Waals surface area (Å²) in [4.78, 5) is 14.8. The summed E-state index contributed by atoms with van der Waals surface area (Å²) < 4.78 is 6.70. The van der Waals surface area contributed by atoms with Crippen molar-refractivity contribution >= 4 is 14.2 Å². The van der Waals surface area contributed by atoms with Crippen molar-refractivity contribution in [2.75, 3.05) is 0 Å². The molecule has 2 rings (SSSR count). The number of amides is 1. The lowest BCUT2D eigenvalue weighted by Crippen LogP contribution is -2.53. The van der Waals surface area contributed by atoms with Crippen LogP contribution in [0.4, 0.5) is 0 Å². The maximum atomic E-state index is 12.8. The third-order valence-corrected chi connectivity index (χ3v) is 10.4. The minimum Gasteiger partial charge on any atom is -0.411 e. The van der Waals surface area contributed by atoms with E-state index in [0.29, 0.717) is 13.0 Å². The van der Waals surface area contributed by atoms with Gasteiger partial charge in [-0.2, -0.15) is 0 Å². The zero-order valence-corrected chi connectivity index (χ0v) is 17.6. The van der Waals surface area contributed by atoms with E-state index in [-0.39, 0.29) is 22.6 Å². The monoisotopic (exact) mass is 359 g/mol. The molecule has 1 aromatic rings. The number of carbonyl (C=O) groups excluding carboxylic acids is 1. The third-order valence-electron chi connectivity index (χ3n) is 5.96. The van der Waals surface area contributed by atoms with Crippen molar-refractivity contribution in [3.63, 3.8) is 0 Å². The van der Waals surface area contributed by atoms with Crippen LogP contribution in [0.1, 0.15) is 46.1 Å². The van der Waals surface area contributed by atoms with Crippen LogP contribution in [0.15, 0.2) is 43.0 Å². The maximum Gasteiger partial charge on any atom is 0.226 e. The van der Waals surface area contributed by atoms with E-state index in [0.717, 1.165) is 12.0 Å². The van der Waals surface area contributed by atoms with Gasteiger partial charge in [0.05, 0.1) is 18.1 Å². The number of carbonyl (C=O) groups is 1. The van der Waals surface area contributed by atoms with E-state index in [1.54, 1.807) is 0 Å². The molecular formula is C21H33NO2Si. The molecule has 25 heavy (non-hydrogen) atoms. The van der Waals surface area contributed by atoms with E-state index in [1.165, 1.54) is 0 Å². The molecule has 0 aromatic heterocycles. The molecule has 138 valence electrons. The van der Waals surface area contributed by atoms with Crippen molar-refractivity contribution < 1.29 is 9.22 Å². The standard InChI is InChI=1S/C21H33NO2Si/c1-8-14-21(5)18(24-25(6,7)20(2,3)4)15-19(23)22(21)16-17-12-10-9-11-13-17/h8-13,18H,1,14-16H2,2-7H3/t18-,21?/m0/s1. The van der Waals surface area contributed by atoms with Gasteiger partial charge < -0.3 is 9.33 Å². The van der Waals surface area contributed by atoms with Gasteiger partial charge in [-0.3, -0.25) is 4.79 Å². The molecule has 0 N–H and O–H groups in total. The summed E-state index contributed by atoms with van der Waals surface area (Å²) in [6, 6.07) is 10.2. The molecule has 1 unspecified atom stereocenters. The largest absolute Gasteiger partial charge is 0.411 e. The summed E-state index contributed by atoms with van der Waals surface area (Å²) in [6.07, 6.45) is 3.04. The van der Waals surface area contributed by atoms with Crippen LogP contribution in [0.3, 0.4) is 0 Å². The third kappa shape index (κ3) is 4.06. The Bertz CT molecular complexity index is 621. The van der Waals surface area contributed by atoms with Crippen molar-refractivity contribution in [1.29, 1.82) is 0 Å². The van der Waals surface area contributed by atoms with Crippen LogP contribution in [0.25, 0.3) is 0 Å². The number of hydrogen-bond donors (Lipinski definition) is 0. The number of rotatable bonds is 6. The minimum absolute atomic E-state index is 0.0809. The lowest BCUT2D eigenvalue weighted by Gasteiger charge is -2.44. The van der Waals surface area contributed by atoms with E-state index in [2.05, 4.69) is 59.5 Å². The number of likely N-dealkylation sites (tertiary alicyclic amines) is 1. The fourth-order valence-corrected chi connectivity index (χ4v) is 4.62. The molecule has 0 saturated carbocycles. The molecule has 1 aliphatic heterocycles. The van der Waals surface area contributed by atoms with Crippen molar-refractivity contribution in [1.82, 2.24) is 4.90 Å². The van der Waals surface area contributed by atoms with E-state index < -0.39 is 8.32 Å². The molecule has 0 bridgehead atoms. The molecule has 0 aliphatic carbocycles. The molecule has 0 radical (unpaired) electrons. The van der Waals surface area contributed by atoms with Gasteiger partial charge in [0.15, 0.2) is 8.32 Å². The van der Waals surface area contributed by atoms with Gasteiger partial charge in [-0.25, -0.2) is 0 Å². The fourth-order valence-electron chi connectivity index (χ4n) is 3.22. The molecule has 1 saturated heterocycles. The number of benzene rings is 1. The zero-order valence-electron chi connectivity index (χ0n) is 16.6.